The number of hydrogen-bond donors (Lipinski definition) is 1. The Morgan fingerprint density at radius 1 is 1.65 bits per heavy atom. The van der Waals surface area contributed by atoms with E-state index in [0.29, 0.717) is 11.1 Å². The van der Waals surface area contributed by atoms with Gasteiger partial charge in [0, 0.05) is 6.54 Å². The van der Waals surface area contributed by atoms with Crippen molar-refractivity contribution in [3.05, 3.63) is 0 Å². The third-order valence-corrected chi connectivity index (χ3v) is 2.71. The molecule has 0 aromatic carbocycles. The molecule has 0 radical (unpaired) electrons. The van der Waals surface area contributed by atoms with Crippen LogP contribution in [0.4, 0.5) is 0 Å². The largest absolute Gasteiger partial charge is 0.344 e. The van der Waals surface area contributed by atoms with Crippen LogP contribution in [0.25, 0.3) is 0 Å². The van der Waals surface area contributed by atoms with Crippen LogP contribution in [-0.2, 0) is 11.3 Å². The number of aromatic nitrogens is 4. The molecule has 17 heavy (non-hydrogen) atoms. The van der Waals surface area contributed by atoms with Gasteiger partial charge in [-0.3, -0.25) is 4.79 Å². The molecule has 0 aliphatic rings. The maximum atomic E-state index is 11.3. The molecule has 0 unspecified atom stereocenters. The third kappa shape index (κ3) is 4.87. The molecule has 1 aromatic heterocycles. The Kier molecular flexibility index (Phi) is 5.49. The Hall–Kier alpha value is -1.55. The van der Waals surface area contributed by atoms with Crippen LogP contribution in [0, 0.1) is 18.3 Å². The highest BCUT2D eigenvalue weighted by Crippen LogP contribution is 2.14. The zero-order chi connectivity index (χ0) is 12.7. The number of carbonyl (C=O) groups excluding carboxylic acids is 1. The van der Waals surface area contributed by atoms with Gasteiger partial charge in [-0.15, -0.1) is 11.5 Å². The zero-order valence-electron chi connectivity index (χ0n) is 9.88. The normalized spacial score (nSPS) is 10.2. The summed E-state index contributed by atoms with van der Waals surface area (Å²) in [7, 11) is 0. The summed E-state index contributed by atoms with van der Waals surface area (Å²) in [4.78, 5) is 11.3. The van der Waals surface area contributed by atoms with Crippen LogP contribution in [0.5, 0.6) is 0 Å². The first-order chi connectivity index (χ1) is 8.13. The van der Waals surface area contributed by atoms with Crippen molar-refractivity contribution in [2.75, 3.05) is 12.3 Å². The summed E-state index contributed by atoms with van der Waals surface area (Å²) in [5.74, 6) is 2.94. The number of amides is 1. The van der Waals surface area contributed by atoms with Gasteiger partial charge in [-0.05, 0) is 16.3 Å². The summed E-state index contributed by atoms with van der Waals surface area (Å²) < 4.78 is 1.70. The van der Waals surface area contributed by atoms with Crippen molar-refractivity contribution in [2.24, 2.45) is 5.92 Å². The highest BCUT2D eigenvalue weighted by Gasteiger charge is 2.10. The van der Waals surface area contributed by atoms with E-state index in [1.807, 2.05) is 0 Å². The fraction of sp³-hybridized carbons (Fsp3) is 0.600. The van der Waals surface area contributed by atoms with Gasteiger partial charge in [0.15, 0.2) is 0 Å². The lowest BCUT2D eigenvalue weighted by molar-refractivity contribution is -0.118. The van der Waals surface area contributed by atoms with E-state index in [0.717, 1.165) is 6.54 Å². The predicted octanol–water partition coefficient (Wildman–Crippen LogP) is 0.171. The summed E-state index contributed by atoms with van der Waals surface area (Å²) in [6, 6.07) is 0. The first-order valence-electron chi connectivity index (χ1n) is 5.22. The predicted molar refractivity (Wildman–Crippen MR) is 65.2 cm³/mol. The quantitative estimate of drug-likeness (QED) is 0.578. The van der Waals surface area contributed by atoms with Gasteiger partial charge in [-0.1, -0.05) is 31.5 Å². The van der Waals surface area contributed by atoms with Crippen LogP contribution in [0.3, 0.4) is 0 Å². The van der Waals surface area contributed by atoms with Crippen LogP contribution in [0.2, 0.25) is 0 Å². The molecule has 1 N–H and O–H groups in total. The molecule has 6 nitrogen and oxygen atoms in total. The molecule has 0 fully saturated rings. The number of carbonyl (C=O) groups is 1. The Balaban J connectivity index is 2.44. The lowest BCUT2D eigenvalue weighted by Gasteiger charge is -2.06. The molecule has 1 aromatic rings. The van der Waals surface area contributed by atoms with Gasteiger partial charge in [0.25, 0.3) is 0 Å². The first kappa shape index (κ1) is 13.5. The minimum absolute atomic E-state index is 0.118. The van der Waals surface area contributed by atoms with E-state index in [2.05, 4.69) is 40.6 Å². The van der Waals surface area contributed by atoms with Gasteiger partial charge < -0.3 is 5.32 Å². The minimum atomic E-state index is -0.118. The fourth-order valence-corrected chi connectivity index (χ4v) is 1.81. The van der Waals surface area contributed by atoms with Crippen molar-refractivity contribution < 1.29 is 4.79 Å². The zero-order valence-corrected chi connectivity index (χ0v) is 10.7. The van der Waals surface area contributed by atoms with E-state index in [9.17, 15) is 4.79 Å². The first-order valence-corrected chi connectivity index (χ1v) is 6.21. The number of nitrogens with one attached hydrogen (secondary N) is 1. The van der Waals surface area contributed by atoms with Crippen molar-refractivity contribution in [1.29, 1.82) is 0 Å². The lowest BCUT2D eigenvalue weighted by atomic mass is 10.2. The molecule has 7 heteroatoms. The molecule has 1 amide bonds. The van der Waals surface area contributed by atoms with Gasteiger partial charge >= 0.3 is 0 Å². The van der Waals surface area contributed by atoms with Crippen molar-refractivity contribution in [3.8, 4) is 12.3 Å². The second-order valence-corrected chi connectivity index (χ2v) is 4.75. The lowest BCUT2D eigenvalue weighted by Crippen LogP contribution is -2.25. The molecular weight excluding hydrogens is 238 g/mol. The number of terminal acetylenes is 1. The van der Waals surface area contributed by atoms with E-state index in [-0.39, 0.29) is 18.2 Å². The summed E-state index contributed by atoms with van der Waals surface area (Å²) in [6.45, 7) is 5.14. The van der Waals surface area contributed by atoms with Gasteiger partial charge in [-0.25, -0.2) is 4.68 Å². The monoisotopic (exact) mass is 253 g/mol. The SMILES string of the molecule is C#CCNC(=O)CSc1nnnn1CC(C)C. The van der Waals surface area contributed by atoms with E-state index >= 15 is 0 Å². The van der Waals surface area contributed by atoms with Crippen LogP contribution in [0.1, 0.15) is 13.8 Å². The second-order valence-electron chi connectivity index (χ2n) is 3.81. The molecule has 1 heterocycles. The topological polar surface area (TPSA) is 72.7 Å². The van der Waals surface area contributed by atoms with Crippen LogP contribution < -0.4 is 5.32 Å². The van der Waals surface area contributed by atoms with E-state index in [4.69, 9.17) is 6.42 Å². The minimum Gasteiger partial charge on any atom is -0.344 e. The Morgan fingerprint density at radius 3 is 3.06 bits per heavy atom. The van der Waals surface area contributed by atoms with Gasteiger partial charge in [0.2, 0.25) is 11.1 Å². The highest BCUT2D eigenvalue weighted by molar-refractivity contribution is 7.99. The van der Waals surface area contributed by atoms with Crippen molar-refractivity contribution in [3.63, 3.8) is 0 Å². The number of thioether (sulfide) groups is 1. The summed E-state index contributed by atoms with van der Waals surface area (Å²) in [5.41, 5.74) is 0. The fourth-order valence-electron chi connectivity index (χ4n) is 1.09. The number of nitrogens with zero attached hydrogens (tertiary/aromatic N) is 4. The molecule has 0 spiro atoms. The van der Waals surface area contributed by atoms with E-state index in [1.165, 1.54) is 11.8 Å². The average Bonchev–Trinajstić information content (AvgIpc) is 2.70. The Labute approximate surface area is 105 Å². The molecular formula is C10H15N5OS. The Morgan fingerprint density at radius 2 is 2.41 bits per heavy atom. The molecule has 0 aliphatic carbocycles. The number of tetrazole rings is 1. The highest BCUT2D eigenvalue weighted by atomic mass is 32.2. The van der Waals surface area contributed by atoms with Crippen molar-refractivity contribution in [2.45, 2.75) is 25.5 Å². The number of rotatable bonds is 6. The summed E-state index contributed by atoms with van der Waals surface area (Å²) in [5, 5.41) is 14.6. The van der Waals surface area contributed by atoms with E-state index < -0.39 is 0 Å². The van der Waals surface area contributed by atoms with Crippen molar-refractivity contribution in [1.82, 2.24) is 25.5 Å². The smallest absolute Gasteiger partial charge is 0.231 e. The summed E-state index contributed by atoms with van der Waals surface area (Å²) >= 11 is 1.30. The van der Waals surface area contributed by atoms with Gasteiger partial charge in [0.05, 0.1) is 12.3 Å². The van der Waals surface area contributed by atoms with Crippen LogP contribution in [-0.4, -0.2) is 38.4 Å². The van der Waals surface area contributed by atoms with Crippen molar-refractivity contribution >= 4 is 17.7 Å². The molecule has 0 bridgehead atoms. The molecule has 0 atom stereocenters. The standard InChI is InChI=1S/C10H15N5OS/c1-4-5-11-9(16)7-17-10-12-13-14-15(10)6-8(2)3/h1,8H,5-7H2,2-3H3,(H,11,16). The molecule has 92 valence electrons. The summed E-state index contributed by atoms with van der Waals surface area (Å²) in [6.07, 6.45) is 5.04. The molecule has 1 rings (SSSR count). The second kappa shape index (κ2) is 6.91. The maximum Gasteiger partial charge on any atom is 0.231 e. The Bertz CT molecular complexity index is 409. The van der Waals surface area contributed by atoms with Crippen LogP contribution in [0.15, 0.2) is 5.16 Å². The maximum absolute atomic E-state index is 11.3. The van der Waals surface area contributed by atoms with Gasteiger partial charge in [0.1, 0.15) is 0 Å². The third-order valence-electron chi connectivity index (χ3n) is 1.76. The molecule has 0 aliphatic heterocycles. The van der Waals surface area contributed by atoms with Crippen LogP contribution >= 0.6 is 11.8 Å². The number of hydrogen-bond acceptors (Lipinski definition) is 5. The molecule has 0 saturated heterocycles. The average molecular weight is 253 g/mol. The molecule has 0 saturated carbocycles. The van der Waals surface area contributed by atoms with Gasteiger partial charge in [-0.2, -0.15) is 0 Å². The van der Waals surface area contributed by atoms with E-state index in [1.54, 1.807) is 4.68 Å².